The molecule has 144 valence electrons. The molecule has 0 radical (unpaired) electrons. The summed E-state index contributed by atoms with van der Waals surface area (Å²) in [5, 5.41) is 0. The van der Waals surface area contributed by atoms with Crippen LogP contribution in [0, 0.1) is 0 Å². The molecule has 4 rings (SSSR count). The molecule has 0 aliphatic carbocycles. The van der Waals surface area contributed by atoms with Crippen molar-refractivity contribution in [2.45, 2.75) is 7.43 Å². The second-order valence-electron chi connectivity index (χ2n) is 4.43. The first-order valence-corrected chi connectivity index (χ1v) is 7.12. The van der Waals surface area contributed by atoms with Crippen molar-refractivity contribution in [3.05, 3.63) is 48.1 Å². The van der Waals surface area contributed by atoms with E-state index in [4.69, 9.17) is 0 Å². The highest BCUT2D eigenvalue weighted by Gasteiger charge is 2.12. The predicted molar refractivity (Wildman–Crippen MR) is 90.9 cm³/mol. The van der Waals surface area contributed by atoms with Gasteiger partial charge in [-0.15, -0.1) is 0 Å². The first-order chi connectivity index (χ1) is 11.7. The summed E-state index contributed by atoms with van der Waals surface area (Å²) < 4.78 is 37.1. The maximum absolute atomic E-state index is 4.69. The zero-order valence-corrected chi connectivity index (χ0v) is 14.4. The van der Waals surface area contributed by atoms with Gasteiger partial charge in [0.2, 0.25) is 0 Å². The van der Waals surface area contributed by atoms with Crippen LogP contribution in [-0.2, 0) is 37.9 Å². The lowest BCUT2D eigenvalue weighted by Gasteiger charge is -1.75. The Kier molecular flexibility index (Phi) is 12.3. The van der Waals surface area contributed by atoms with Crippen LogP contribution >= 0.6 is 0 Å². The highest BCUT2D eigenvalue weighted by Crippen LogP contribution is 2.13. The molecule has 0 bridgehead atoms. The molecule has 0 N–H and O–H groups in total. The summed E-state index contributed by atoms with van der Waals surface area (Å²) in [5.41, 5.74) is 0. The highest BCUT2D eigenvalue weighted by atomic mass is 16.6. The number of ether oxygens (including phenoxy) is 8. The van der Waals surface area contributed by atoms with Gasteiger partial charge in [0.1, 0.15) is 51.5 Å². The fraction of sp³-hybridized carbons (Fsp3) is 0.529. The van der Waals surface area contributed by atoms with E-state index >= 15 is 0 Å². The molecule has 0 spiro atoms. The Morgan fingerprint density at radius 3 is 0.720 bits per heavy atom. The lowest BCUT2D eigenvalue weighted by Crippen LogP contribution is -1.60. The number of hydrogen-bond donors (Lipinski definition) is 0. The van der Waals surface area contributed by atoms with Crippen LogP contribution in [0.5, 0.6) is 0 Å². The minimum atomic E-state index is 0. The molecular weight excluding hydrogens is 332 g/mol. The number of rotatable bonds is 4. The molecule has 0 unspecified atom stereocenters. The second-order valence-corrected chi connectivity index (χ2v) is 4.43. The summed E-state index contributed by atoms with van der Waals surface area (Å²) >= 11 is 0. The summed E-state index contributed by atoms with van der Waals surface area (Å²) in [6, 6.07) is 0. The monoisotopic (exact) mass is 360 g/mol. The molecule has 0 aromatic carbocycles. The van der Waals surface area contributed by atoms with Crippen molar-refractivity contribution in [1.29, 1.82) is 0 Å². The van der Waals surface area contributed by atoms with Crippen molar-refractivity contribution < 1.29 is 37.9 Å². The average Bonchev–Trinajstić information content (AvgIpc) is 3.35. The van der Waals surface area contributed by atoms with E-state index in [0.717, 1.165) is 49.5 Å². The molecule has 0 aromatic rings. The molecule has 4 saturated heterocycles. The normalized spacial score (nSPS) is 22.2. The molecule has 0 saturated carbocycles. The van der Waals surface area contributed by atoms with Crippen molar-refractivity contribution in [2.24, 2.45) is 0 Å². The summed E-state index contributed by atoms with van der Waals surface area (Å²) in [6.45, 7) is 3.03. The Bertz CT molecular complexity index is 367. The molecule has 25 heavy (non-hydrogen) atoms. The van der Waals surface area contributed by atoms with Crippen LogP contribution in [0.3, 0.4) is 0 Å². The Morgan fingerprint density at radius 2 is 0.680 bits per heavy atom. The molecule has 0 amide bonds. The van der Waals surface area contributed by atoms with E-state index in [-0.39, 0.29) is 7.43 Å². The van der Waals surface area contributed by atoms with Gasteiger partial charge in [-0.05, 0) is 0 Å². The van der Waals surface area contributed by atoms with Crippen molar-refractivity contribution in [3.63, 3.8) is 0 Å². The van der Waals surface area contributed by atoms with E-state index in [1.807, 2.05) is 0 Å². The van der Waals surface area contributed by atoms with Crippen LogP contribution in [0.2, 0.25) is 0 Å². The zero-order chi connectivity index (χ0) is 17.6. The third-order valence-corrected chi connectivity index (χ3v) is 2.24. The number of epoxide rings is 4. The topological polar surface area (TPSA) is 87.0 Å². The van der Waals surface area contributed by atoms with E-state index in [2.05, 4.69) is 37.9 Å². The Balaban J connectivity index is 0.000000303. The van der Waals surface area contributed by atoms with E-state index < -0.39 is 0 Å². The summed E-state index contributed by atoms with van der Waals surface area (Å²) in [4.78, 5) is 0. The maximum Gasteiger partial charge on any atom is 0.168 e. The summed E-state index contributed by atoms with van der Waals surface area (Å²) in [7, 11) is 6.42. The number of methoxy groups -OCH3 is 4. The van der Waals surface area contributed by atoms with Gasteiger partial charge < -0.3 is 37.9 Å². The van der Waals surface area contributed by atoms with Gasteiger partial charge in [0.25, 0.3) is 0 Å². The Morgan fingerprint density at radius 1 is 0.520 bits per heavy atom. The van der Waals surface area contributed by atoms with Crippen molar-refractivity contribution in [1.82, 2.24) is 0 Å². The Labute approximate surface area is 149 Å². The third-order valence-electron chi connectivity index (χ3n) is 2.24. The summed E-state index contributed by atoms with van der Waals surface area (Å²) in [5.74, 6) is 3.77. The van der Waals surface area contributed by atoms with E-state index in [9.17, 15) is 0 Å². The van der Waals surface area contributed by atoms with Gasteiger partial charge in [-0.1, -0.05) is 7.43 Å². The largest absolute Gasteiger partial charge is 0.501 e. The van der Waals surface area contributed by atoms with Crippen LogP contribution in [0.25, 0.3) is 0 Å². The third kappa shape index (κ3) is 17.5. The van der Waals surface area contributed by atoms with Gasteiger partial charge in [0.15, 0.2) is 23.0 Å². The molecule has 4 heterocycles. The maximum atomic E-state index is 4.69. The molecule has 4 aliphatic rings. The lowest BCUT2D eigenvalue weighted by molar-refractivity contribution is 0.328. The molecule has 8 heteroatoms. The molecule has 4 fully saturated rings. The van der Waals surface area contributed by atoms with Crippen molar-refractivity contribution in [3.8, 4) is 0 Å². The highest BCUT2D eigenvalue weighted by molar-refractivity contribution is 5.00. The number of hydrogen-bond acceptors (Lipinski definition) is 8. The van der Waals surface area contributed by atoms with Gasteiger partial charge >= 0.3 is 0 Å². The van der Waals surface area contributed by atoms with Crippen molar-refractivity contribution >= 4 is 0 Å². The first-order valence-electron chi connectivity index (χ1n) is 7.12. The molecule has 0 atom stereocenters. The van der Waals surface area contributed by atoms with Gasteiger partial charge in [-0.2, -0.15) is 0 Å². The first kappa shape index (κ1) is 22.4. The van der Waals surface area contributed by atoms with E-state index in [1.165, 1.54) is 0 Å². The average molecular weight is 360 g/mol. The smallest absolute Gasteiger partial charge is 0.168 e. The minimum absolute atomic E-state index is 0. The zero-order valence-electron chi connectivity index (χ0n) is 14.4. The standard InChI is InChI=1S/4C4H6O2.CH4/c4*1-5-2-4-3-6-4;/h4*2H,3H2,1H3;1H4. The van der Waals surface area contributed by atoms with Gasteiger partial charge in [0.05, 0.1) is 28.4 Å². The van der Waals surface area contributed by atoms with Crippen LogP contribution in [0.4, 0.5) is 0 Å². The van der Waals surface area contributed by atoms with Crippen LogP contribution in [0.15, 0.2) is 48.1 Å². The van der Waals surface area contributed by atoms with Crippen molar-refractivity contribution in [2.75, 3.05) is 54.9 Å². The molecule has 4 aliphatic heterocycles. The molecule has 8 nitrogen and oxygen atoms in total. The predicted octanol–water partition coefficient (Wildman–Crippen LogP) is 2.65. The van der Waals surface area contributed by atoms with E-state index in [0.29, 0.717) is 0 Å². The fourth-order valence-corrected chi connectivity index (χ4v) is 0.965. The quantitative estimate of drug-likeness (QED) is 0.559. The Hall–Kier alpha value is -2.64. The van der Waals surface area contributed by atoms with Gasteiger partial charge in [-0.3, -0.25) is 0 Å². The van der Waals surface area contributed by atoms with Crippen LogP contribution < -0.4 is 0 Å². The fourth-order valence-electron chi connectivity index (χ4n) is 0.965. The van der Waals surface area contributed by atoms with Gasteiger partial charge in [0, 0.05) is 0 Å². The van der Waals surface area contributed by atoms with E-state index in [1.54, 1.807) is 53.5 Å². The summed E-state index contributed by atoms with van der Waals surface area (Å²) in [6.07, 6.45) is 6.39. The SMILES string of the molecule is C.COC=C1CO1.COC=C1CO1.COC=C1CO1.COC=C1CO1. The lowest BCUT2D eigenvalue weighted by atomic mass is 10.7. The second kappa shape index (κ2) is 13.8. The molecule has 0 aromatic heterocycles. The van der Waals surface area contributed by atoms with Crippen LogP contribution in [0.1, 0.15) is 7.43 Å². The van der Waals surface area contributed by atoms with Gasteiger partial charge in [-0.25, -0.2) is 0 Å². The van der Waals surface area contributed by atoms with Crippen LogP contribution in [-0.4, -0.2) is 54.9 Å². The minimum Gasteiger partial charge on any atom is -0.501 e. The molecular formula is C17H28O8.